The highest BCUT2D eigenvalue weighted by molar-refractivity contribution is 6.22. The van der Waals surface area contributed by atoms with E-state index in [0.29, 0.717) is 0 Å². The Hall–Kier alpha value is -5.34. The van der Waals surface area contributed by atoms with Crippen molar-refractivity contribution in [1.29, 1.82) is 0 Å². The van der Waals surface area contributed by atoms with E-state index in [2.05, 4.69) is 144 Å². The number of hydrogen-bond acceptors (Lipinski definition) is 2. The molecule has 2 nitrogen and oxygen atoms in total. The Morgan fingerprint density at radius 2 is 1.02 bits per heavy atom. The Kier molecular flexibility index (Phi) is 5.17. The predicted octanol–water partition coefficient (Wildman–Crippen LogP) is 11.0. The van der Waals surface area contributed by atoms with E-state index in [-0.39, 0.29) is 0 Å². The molecule has 8 rings (SSSR count). The summed E-state index contributed by atoms with van der Waals surface area (Å²) in [5.74, 6) is 0. The van der Waals surface area contributed by atoms with Crippen molar-refractivity contribution in [3.8, 4) is 11.1 Å². The number of rotatable bonds is 4. The Labute approximate surface area is 232 Å². The summed E-state index contributed by atoms with van der Waals surface area (Å²) in [6, 6.07) is 53.8. The monoisotopic (exact) mass is 511 g/mol. The van der Waals surface area contributed by atoms with Gasteiger partial charge in [0.25, 0.3) is 0 Å². The Bertz CT molecular complexity index is 2160. The molecule has 2 heteroatoms. The van der Waals surface area contributed by atoms with Gasteiger partial charge in [-0.3, -0.25) is 0 Å². The summed E-state index contributed by atoms with van der Waals surface area (Å²) in [6.45, 7) is 0. The van der Waals surface area contributed by atoms with Crippen LogP contribution in [0.15, 0.2) is 156 Å². The second-order valence-electron chi connectivity index (χ2n) is 10.2. The third-order valence-electron chi connectivity index (χ3n) is 7.83. The van der Waals surface area contributed by atoms with Gasteiger partial charge in [0.1, 0.15) is 11.2 Å². The zero-order chi connectivity index (χ0) is 26.5. The molecule has 0 unspecified atom stereocenters. The topological polar surface area (TPSA) is 16.4 Å². The smallest absolute Gasteiger partial charge is 0.138 e. The molecule has 0 bridgehead atoms. The van der Waals surface area contributed by atoms with Gasteiger partial charge in [0.15, 0.2) is 0 Å². The van der Waals surface area contributed by atoms with Crippen molar-refractivity contribution in [2.75, 3.05) is 4.90 Å². The minimum Gasteiger partial charge on any atom is -0.456 e. The number of para-hydroxylation sites is 1. The molecule has 0 aliphatic rings. The molecule has 188 valence electrons. The molecular weight excluding hydrogens is 486 g/mol. The molecule has 0 spiro atoms. The summed E-state index contributed by atoms with van der Waals surface area (Å²) in [5.41, 5.74) is 7.49. The summed E-state index contributed by atoms with van der Waals surface area (Å²) < 4.78 is 6.44. The number of fused-ring (bicyclic) bond motifs is 6. The van der Waals surface area contributed by atoms with Crippen LogP contribution in [0.1, 0.15) is 0 Å². The van der Waals surface area contributed by atoms with Crippen LogP contribution in [0, 0.1) is 0 Å². The quantitative estimate of drug-likeness (QED) is 0.234. The third-order valence-corrected chi connectivity index (χ3v) is 7.83. The van der Waals surface area contributed by atoms with E-state index in [1.165, 1.54) is 32.7 Å². The summed E-state index contributed by atoms with van der Waals surface area (Å²) in [5, 5.41) is 7.11. The lowest BCUT2D eigenvalue weighted by molar-refractivity contribution is 0.669. The van der Waals surface area contributed by atoms with Crippen molar-refractivity contribution in [2.45, 2.75) is 0 Å². The van der Waals surface area contributed by atoms with Crippen molar-refractivity contribution in [1.82, 2.24) is 0 Å². The van der Waals surface area contributed by atoms with Crippen molar-refractivity contribution < 1.29 is 4.42 Å². The van der Waals surface area contributed by atoms with E-state index in [4.69, 9.17) is 4.42 Å². The third kappa shape index (κ3) is 3.65. The van der Waals surface area contributed by atoms with Gasteiger partial charge in [0.05, 0.1) is 5.69 Å². The zero-order valence-electron chi connectivity index (χ0n) is 21.8. The van der Waals surface area contributed by atoms with Crippen LogP contribution in [0.5, 0.6) is 0 Å². The van der Waals surface area contributed by atoms with E-state index in [0.717, 1.165) is 39.0 Å². The lowest BCUT2D eigenvalue weighted by atomic mass is 10.00. The van der Waals surface area contributed by atoms with Gasteiger partial charge in [-0.15, -0.1) is 0 Å². The van der Waals surface area contributed by atoms with Crippen LogP contribution < -0.4 is 4.90 Å². The molecule has 0 saturated heterocycles. The zero-order valence-corrected chi connectivity index (χ0v) is 21.8. The van der Waals surface area contributed by atoms with Crippen LogP contribution >= 0.6 is 0 Å². The predicted molar refractivity (Wildman–Crippen MR) is 169 cm³/mol. The first kappa shape index (κ1) is 22.6. The maximum absolute atomic E-state index is 6.44. The average molecular weight is 512 g/mol. The van der Waals surface area contributed by atoms with E-state index >= 15 is 0 Å². The van der Waals surface area contributed by atoms with E-state index < -0.39 is 0 Å². The highest BCUT2D eigenvalue weighted by Crippen LogP contribution is 2.45. The van der Waals surface area contributed by atoms with Crippen LogP contribution in [0.4, 0.5) is 17.1 Å². The fraction of sp³-hybridized carbons (Fsp3) is 0. The Morgan fingerprint density at radius 1 is 0.400 bits per heavy atom. The van der Waals surface area contributed by atoms with E-state index in [1.807, 2.05) is 12.1 Å². The molecule has 0 saturated carbocycles. The van der Waals surface area contributed by atoms with Crippen LogP contribution in [-0.4, -0.2) is 0 Å². The van der Waals surface area contributed by atoms with Crippen molar-refractivity contribution in [2.24, 2.45) is 0 Å². The van der Waals surface area contributed by atoms with Gasteiger partial charge in [0.2, 0.25) is 0 Å². The minimum atomic E-state index is 0.890. The standard InChI is InChI=1S/C38H25NO/c1-2-10-26(11-3-1)28-18-21-30(22-19-28)39(31-23-20-27-12-4-5-13-29(27)24-31)35-25-37-38(33-15-7-6-14-32(33)35)34-16-8-9-17-36(34)40-37/h1-25H. The molecule has 1 heterocycles. The summed E-state index contributed by atoms with van der Waals surface area (Å²) in [4.78, 5) is 2.36. The van der Waals surface area contributed by atoms with Crippen LogP contribution in [0.3, 0.4) is 0 Å². The molecule has 1 aromatic heterocycles. The van der Waals surface area contributed by atoms with Gasteiger partial charge in [0, 0.05) is 33.6 Å². The SMILES string of the molecule is c1ccc(-c2ccc(N(c3ccc4ccccc4c3)c3cc4oc5ccccc5c4c4ccccc34)cc2)cc1. The Balaban J connectivity index is 1.40. The molecule has 0 radical (unpaired) electrons. The summed E-state index contributed by atoms with van der Waals surface area (Å²) in [7, 11) is 0. The fourth-order valence-corrected chi connectivity index (χ4v) is 5.93. The second kappa shape index (κ2) is 9.14. The number of anilines is 3. The molecule has 7 aromatic carbocycles. The van der Waals surface area contributed by atoms with Crippen molar-refractivity contribution in [3.63, 3.8) is 0 Å². The second-order valence-corrected chi connectivity index (χ2v) is 10.2. The number of benzene rings is 7. The molecule has 40 heavy (non-hydrogen) atoms. The highest BCUT2D eigenvalue weighted by Gasteiger charge is 2.20. The van der Waals surface area contributed by atoms with Gasteiger partial charge in [-0.25, -0.2) is 0 Å². The van der Waals surface area contributed by atoms with Crippen LogP contribution in [0.2, 0.25) is 0 Å². The number of furan rings is 1. The first-order chi connectivity index (χ1) is 19.8. The van der Waals surface area contributed by atoms with Gasteiger partial charge in [-0.1, -0.05) is 115 Å². The van der Waals surface area contributed by atoms with Crippen LogP contribution in [0.25, 0.3) is 54.6 Å². The van der Waals surface area contributed by atoms with Gasteiger partial charge in [-0.2, -0.15) is 0 Å². The van der Waals surface area contributed by atoms with Gasteiger partial charge in [-0.05, 0) is 57.6 Å². The van der Waals surface area contributed by atoms with Crippen LogP contribution in [-0.2, 0) is 0 Å². The molecule has 0 aliphatic carbocycles. The number of hydrogen-bond donors (Lipinski definition) is 0. The molecule has 0 atom stereocenters. The minimum absolute atomic E-state index is 0.890. The molecule has 0 amide bonds. The van der Waals surface area contributed by atoms with Gasteiger partial charge >= 0.3 is 0 Å². The van der Waals surface area contributed by atoms with E-state index in [9.17, 15) is 0 Å². The van der Waals surface area contributed by atoms with Crippen molar-refractivity contribution >= 4 is 60.5 Å². The summed E-state index contributed by atoms with van der Waals surface area (Å²) >= 11 is 0. The molecule has 8 aromatic rings. The first-order valence-electron chi connectivity index (χ1n) is 13.6. The molecular formula is C38H25NO. The first-order valence-corrected chi connectivity index (χ1v) is 13.6. The van der Waals surface area contributed by atoms with E-state index in [1.54, 1.807) is 0 Å². The highest BCUT2D eigenvalue weighted by atomic mass is 16.3. The lowest BCUT2D eigenvalue weighted by Crippen LogP contribution is -2.10. The lowest BCUT2D eigenvalue weighted by Gasteiger charge is -2.27. The molecule has 0 aliphatic heterocycles. The molecule has 0 N–H and O–H groups in total. The van der Waals surface area contributed by atoms with Gasteiger partial charge < -0.3 is 9.32 Å². The number of nitrogens with zero attached hydrogens (tertiary/aromatic N) is 1. The summed E-state index contributed by atoms with van der Waals surface area (Å²) in [6.07, 6.45) is 0. The maximum atomic E-state index is 6.44. The van der Waals surface area contributed by atoms with Crippen molar-refractivity contribution in [3.05, 3.63) is 152 Å². The normalized spacial score (nSPS) is 11.5. The fourth-order valence-electron chi connectivity index (χ4n) is 5.93. The maximum Gasteiger partial charge on any atom is 0.138 e. The largest absolute Gasteiger partial charge is 0.456 e. The Morgan fingerprint density at radius 3 is 1.85 bits per heavy atom. The molecule has 0 fully saturated rings. The average Bonchev–Trinajstić information content (AvgIpc) is 3.41.